The molecule has 0 fully saturated rings. The third-order valence-electron chi connectivity index (χ3n) is 3.74. The fraction of sp³-hybridized carbons (Fsp3) is 0.0952. The average Bonchev–Trinajstić information content (AvgIpc) is 2.70. The van der Waals surface area contributed by atoms with Crippen LogP contribution < -0.4 is 10.1 Å². The molecular weight excluding hydrogens is 397 g/mol. The van der Waals surface area contributed by atoms with Crippen LogP contribution in [0.3, 0.4) is 0 Å². The summed E-state index contributed by atoms with van der Waals surface area (Å²) in [5, 5.41) is 12.0. The molecule has 0 unspecified atom stereocenters. The van der Waals surface area contributed by atoms with Gasteiger partial charge >= 0.3 is 0 Å². The summed E-state index contributed by atoms with van der Waals surface area (Å²) >= 11 is 11.9. The summed E-state index contributed by atoms with van der Waals surface area (Å²) < 4.78 is 5.61. The quantitative estimate of drug-likeness (QED) is 0.450. The Labute approximate surface area is 173 Å². The van der Waals surface area contributed by atoms with Gasteiger partial charge in [-0.1, -0.05) is 41.4 Å². The van der Waals surface area contributed by atoms with E-state index >= 15 is 0 Å². The molecule has 0 radical (unpaired) electrons. The van der Waals surface area contributed by atoms with E-state index < -0.39 is 6.10 Å². The van der Waals surface area contributed by atoms with Crippen LogP contribution in [0.4, 0.5) is 17.1 Å². The lowest BCUT2D eigenvalue weighted by Crippen LogP contribution is -2.30. The maximum atomic E-state index is 12.3. The van der Waals surface area contributed by atoms with E-state index in [2.05, 4.69) is 15.5 Å². The zero-order chi connectivity index (χ0) is 19.9. The van der Waals surface area contributed by atoms with Crippen LogP contribution in [0.15, 0.2) is 83.0 Å². The highest BCUT2D eigenvalue weighted by atomic mass is 35.5. The van der Waals surface area contributed by atoms with Crippen molar-refractivity contribution >= 4 is 46.2 Å². The highest BCUT2D eigenvalue weighted by Crippen LogP contribution is 2.28. The van der Waals surface area contributed by atoms with Crippen LogP contribution in [0.25, 0.3) is 0 Å². The fourth-order valence-electron chi connectivity index (χ4n) is 2.28. The van der Waals surface area contributed by atoms with Crippen molar-refractivity contribution in [2.75, 3.05) is 5.32 Å². The van der Waals surface area contributed by atoms with Crippen LogP contribution in [0, 0.1) is 0 Å². The van der Waals surface area contributed by atoms with E-state index in [9.17, 15) is 4.79 Å². The molecule has 1 N–H and O–H groups in total. The van der Waals surface area contributed by atoms with Gasteiger partial charge in [0.15, 0.2) is 6.10 Å². The summed E-state index contributed by atoms with van der Waals surface area (Å²) in [6, 6.07) is 21.3. The van der Waals surface area contributed by atoms with E-state index in [1.165, 1.54) is 0 Å². The van der Waals surface area contributed by atoms with Crippen LogP contribution in [0.1, 0.15) is 6.92 Å². The number of halogens is 2. The van der Waals surface area contributed by atoms with Gasteiger partial charge in [-0.25, -0.2) is 0 Å². The number of nitrogens with one attached hydrogen (secondary N) is 1. The van der Waals surface area contributed by atoms with Crippen molar-refractivity contribution in [3.8, 4) is 5.75 Å². The number of carbonyl (C=O) groups excluding carboxylic acids is 1. The third-order valence-corrected chi connectivity index (χ3v) is 4.27. The zero-order valence-corrected chi connectivity index (χ0v) is 16.5. The first kappa shape index (κ1) is 19.9. The molecule has 3 aromatic rings. The number of hydrogen-bond acceptors (Lipinski definition) is 4. The predicted molar refractivity (Wildman–Crippen MR) is 112 cm³/mol. The van der Waals surface area contributed by atoms with Gasteiger partial charge in [-0.15, -0.1) is 0 Å². The van der Waals surface area contributed by atoms with Crippen molar-refractivity contribution in [1.82, 2.24) is 0 Å². The first-order chi connectivity index (χ1) is 13.5. The van der Waals surface area contributed by atoms with Crippen LogP contribution in [-0.2, 0) is 4.79 Å². The zero-order valence-electron chi connectivity index (χ0n) is 15.0. The van der Waals surface area contributed by atoms with Gasteiger partial charge in [-0.2, -0.15) is 10.2 Å². The first-order valence-corrected chi connectivity index (χ1v) is 9.26. The highest BCUT2D eigenvalue weighted by Gasteiger charge is 2.16. The number of benzene rings is 3. The molecule has 0 aliphatic carbocycles. The minimum absolute atomic E-state index is 0.301. The van der Waals surface area contributed by atoms with Crippen LogP contribution in [-0.4, -0.2) is 12.0 Å². The van der Waals surface area contributed by atoms with Gasteiger partial charge in [-0.3, -0.25) is 4.79 Å². The van der Waals surface area contributed by atoms with Gasteiger partial charge in [0.1, 0.15) is 5.75 Å². The lowest BCUT2D eigenvalue weighted by atomic mass is 10.2. The largest absolute Gasteiger partial charge is 0.479 e. The van der Waals surface area contributed by atoms with Crippen LogP contribution >= 0.6 is 23.2 Å². The van der Waals surface area contributed by atoms with E-state index in [0.29, 0.717) is 27.2 Å². The van der Waals surface area contributed by atoms with E-state index in [0.717, 1.165) is 5.69 Å². The summed E-state index contributed by atoms with van der Waals surface area (Å²) in [5.74, 6) is 0.0927. The molecule has 1 amide bonds. The van der Waals surface area contributed by atoms with Gasteiger partial charge in [0.2, 0.25) is 0 Å². The summed E-state index contributed by atoms with van der Waals surface area (Å²) in [4.78, 5) is 12.3. The second kappa shape index (κ2) is 9.35. The van der Waals surface area contributed by atoms with Crippen LogP contribution in [0.5, 0.6) is 5.75 Å². The minimum atomic E-state index is -0.740. The molecule has 0 saturated heterocycles. The molecule has 0 saturated carbocycles. The molecule has 3 rings (SSSR count). The molecule has 7 heteroatoms. The second-order valence-electron chi connectivity index (χ2n) is 5.91. The minimum Gasteiger partial charge on any atom is -0.479 e. The molecule has 1 atom stereocenters. The molecule has 0 aliphatic rings. The van der Waals surface area contributed by atoms with Gasteiger partial charge in [-0.05, 0) is 61.5 Å². The van der Waals surface area contributed by atoms with Crippen molar-refractivity contribution in [2.24, 2.45) is 10.2 Å². The van der Waals surface area contributed by atoms with Crippen LogP contribution in [0.2, 0.25) is 10.0 Å². The summed E-state index contributed by atoms with van der Waals surface area (Å²) in [7, 11) is 0. The molecule has 3 aromatic carbocycles. The van der Waals surface area contributed by atoms with Crippen molar-refractivity contribution in [2.45, 2.75) is 13.0 Å². The number of carbonyl (C=O) groups is 1. The van der Waals surface area contributed by atoms with Crippen molar-refractivity contribution in [3.63, 3.8) is 0 Å². The highest BCUT2D eigenvalue weighted by molar-refractivity contribution is 6.35. The number of hydrogen-bond donors (Lipinski definition) is 1. The van der Waals surface area contributed by atoms with Gasteiger partial charge < -0.3 is 10.1 Å². The number of anilines is 1. The lowest BCUT2D eigenvalue weighted by molar-refractivity contribution is -0.122. The predicted octanol–water partition coefficient (Wildman–Crippen LogP) is 6.81. The van der Waals surface area contributed by atoms with Gasteiger partial charge in [0, 0.05) is 10.7 Å². The Morgan fingerprint density at radius 3 is 2.21 bits per heavy atom. The van der Waals surface area contributed by atoms with Crippen molar-refractivity contribution in [3.05, 3.63) is 82.8 Å². The fourth-order valence-corrected chi connectivity index (χ4v) is 2.73. The SMILES string of the molecule is C[C@@H](Oc1ccc(Cl)cc1Cl)C(=O)Nc1ccc(N=Nc2ccccc2)cc1. The maximum absolute atomic E-state index is 12.3. The smallest absolute Gasteiger partial charge is 0.265 e. The Morgan fingerprint density at radius 1 is 0.929 bits per heavy atom. The topological polar surface area (TPSA) is 63.0 Å². The Hall–Kier alpha value is -2.89. The van der Waals surface area contributed by atoms with E-state index in [-0.39, 0.29) is 5.91 Å². The summed E-state index contributed by atoms with van der Waals surface area (Å²) in [5.41, 5.74) is 2.08. The monoisotopic (exact) mass is 413 g/mol. The molecule has 0 heterocycles. The maximum Gasteiger partial charge on any atom is 0.265 e. The van der Waals surface area contributed by atoms with E-state index in [4.69, 9.17) is 27.9 Å². The van der Waals surface area contributed by atoms with Gasteiger partial charge in [0.25, 0.3) is 5.91 Å². The lowest BCUT2D eigenvalue weighted by Gasteiger charge is -2.15. The molecule has 0 bridgehead atoms. The van der Waals surface area contributed by atoms with Gasteiger partial charge in [0.05, 0.1) is 16.4 Å². The standard InChI is InChI=1S/C21H17Cl2N3O2/c1-14(28-20-12-7-15(22)13-19(20)23)21(27)24-16-8-10-18(11-9-16)26-25-17-5-3-2-4-6-17/h2-14H,1H3,(H,24,27)/t14-/m1/s1. The van der Waals surface area contributed by atoms with Crippen molar-refractivity contribution in [1.29, 1.82) is 0 Å². The molecule has 142 valence electrons. The number of ether oxygens (including phenoxy) is 1. The molecule has 0 aromatic heterocycles. The summed E-state index contributed by atoms with van der Waals surface area (Å²) in [6.07, 6.45) is -0.740. The molecule has 0 spiro atoms. The normalized spacial score (nSPS) is 12.0. The Morgan fingerprint density at radius 2 is 1.57 bits per heavy atom. The molecule has 28 heavy (non-hydrogen) atoms. The molecule has 5 nitrogen and oxygen atoms in total. The number of nitrogens with zero attached hydrogens (tertiary/aromatic N) is 2. The van der Waals surface area contributed by atoms with E-state index in [1.54, 1.807) is 49.4 Å². The third kappa shape index (κ3) is 5.55. The summed E-state index contributed by atoms with van der Waals surface area (Å²) in [6.45, 7) is 1.64. The Kier molecular flexibility index (Phi) is 6.63. The molecular formula is C21H17Cl2N3O2. The second-order valence-corrected chi connectivity index (χ2v) is 6.75. The Balaban J connectivity index is 1.58. The molecule has 0 aliphatic heterocycles. The first-order valence-electron chi connectivity index (χ1n) is 8.51. The van der Waals surface area contributed by atoms with E-state index in [1.807, 2.05) is 30.3 Å². The Bertz CT molecular complexity index is 977. The number of azo groups is 1. The number of rotatable bonds is 6. The average molecular weight is 414 g/mol. The number of amides is 1. The van der Waals surface area contributed by atoms with Crippen molar-refractivity contribution < 1.29 is 9.53 Å².